The largest absolute Gasteiger partial charge is 0.456 e. The maximum atomic E-state index is 12.4. The lowest BCUT2D eigenvalue weighted by Crippen LogP contribution is -2.41. The van der Waals surface area contributed by atoms with Gasteiger partial charge in [0.1, 0.15) is 5.78 Å². The molecule has 1 aromatic carbocycles. The third-order valence-electron chi connectivity index (χ3n) is 4.47. The summed E-state index contributed by atoms with van der Waals surface area (Å²) in [6, 6.07) is 8.04. The van der Waals surface area contributed by atoms with Crippen molar-refractivity contribution in [1.29, 1.82) is 0 Å². The summed E-state index contributed by atoms with van der Waals surface area (Å²) >= 11 is 1.68. The van der Waals surface area contributed by atoms with Crippen molar-refractivity contribution in [2.75, 3.05) is 19.7 Å². The van der Waals surface area contributed by atoms with Gasteiger partial charge in [0.2, 0.25) is 0 Å². The highest BCUT2D eigenvalue weighted by Crippen LogP contribution is 2.32. The molecule has 1 aliphatic heterocycles. The van der Waals surface area contributed by atoms with E-state index in [2.05, 4.69) is 6.07 Å². The van der Waals surface area contributed by atoms with Gasteiger partial charge in [-0.2, -0.15) is 0 Å². The van der Waals surface area contributed by atoms with Gasteiger partial charge < -0.3 is 14.4 Å². The van der Waals surface area contributed by atoms with Crippen LogP contribution in [-0.4, -0.2) is 47.2 Å². The van der Waals surface area contributed by atoms with Gasteiger partial charge in [-0.1, -0.05) is 12.1 Å². The van der Waals surface area contributed by atoms with Gasteiger partial charge >= 0.3 is 5.97 Å². The Morgan fingerprint density at radius 2 is 2.08 bits per heavy atom. The number of likely N-dealkylation sites (tertiary alicyclic amines) is 1. The molecule has 7 heteroatoms. The highest BCUT2D eigenvalue weighted by Gasteiger charge is 2.27. The first kappa shape index (κ1) is 18.5. The van der Waals surface area contributed by atoms with Crippen molar-refractivity contribution in [3.8, 4) is 0 Å². The number of piperidine rings is 1. The molecular weight excluding hydrogens is 352 g/mol. The fourth-order valence-corrected chi connectivity index (χ4v) is 4.15. The highest BCUT2D eigenvalue weighted by molar-refractivity contribution is 7.18. The third-order valence-corrected chi connectivity index (χ3v) is 5.67. The molecule has 1 fully saturated rings. The zero-order valence-corrected chi connectivity index (χ0v) is 15.6. The van der Waals surface area contributed by atoms with Crippen LogP contribution < -0.4 is 0 Å². The summed E-state index contributed by atoms with van der Waals surface area (Å²) in [6.45, 7) is 2.44. The van der Waals surface area contributed by atoms with Gasteiger partial charge in [0.15, 0.2) is 6.61 Å². The molecule has 6 nitrogen and oxygen atoms in total. The van der Waals surface area contributed by atoms with E-state index >= 15 is 0 Å². The molecule has 1 saturated heterocycles. The van der Waals surface area contributed by atoms with Crippen LogP contribution in [0.3, 0.4) is 0 Å². The molecule has 0 N–H and O–H groups in total. The zero-order chi connectivity index (χ0) is 18.5. The maximum Gasteiger partial charge on any atom is 0.306 e. The van der Waals surface area contributed by atoms with Crippen molar-refractivity contribution in [3.63, 3.8) is 0 Å². The van der Waals surface area contributed by atoms with E-state index in [4.69, 9.17) is 9.72 Å². The number of esters is 1. The Labute approximate surface area is 156 Å². The van der Waals surface area contributed by atoms with E-state index in [0.717, 1.165) is 28.1 Å². The molecular formula is C19H22N2O4S. The van der Waals surface area contributed by atoms with Crippen LogP contribution >= 0.6 is 11.3 Å². The number of hydrogen-bond acceptors (Lipinski definition) is 6. The number of carbonyl (C=O) groups excluding carboxylic acids is 3. The van der Waals surface area contributed by atoms with Gasteiger partial charge in [-0.25, -0.2) is 4.98 Å². The Morgan fingerprint density at radius 1 is 1.27 bits per heavy atom. The number of carbonyl (C=O) groups is 3. The number of Topliss-reactive ketones (excluding diaryl/α,β-unsaturated/α-hetero) is 1. The molecule has 1 aliphatic rings. The molecule has 1 aromatic heterocycles. The van der Waals surface area contributed by atoms with Gasteiger partial charge in [0, 0.05) is 25.4 Å². The van der Waals surface area contributed by atoms with Gasteiger partial charge in [-0.05, 0) is 31.9 Å². The molecule has 0 bridgehead atoms. The van der Waals surface area contributed by atoms with E-state index < -0.39 is 5.97 Å². The topological polar surface area (TPSA) is 76.6 Å². The standard InChI is InChI=1S/C19H22N2O4S/c1-13(22)8-9-18(24)25-12-17(23)21-10-4-5-14(11-21)19-20-15-6-2-3-7-16(15)26-19/h2-3,6-7,14H,4-5,8-12H2,1H3/t14-/m1/s1. The van der Waals surface area contributed by atoms with Crippen LogP contribution in [0.5, 0.6) is 0 Å². The van der Waals surface area contributed by atoms with Crippen LogP contribution in [0.2, 0.25) is 0 Å². The van der Waals surface area contributed by atoms with Crippen LogP contribution in [-0.2, 0) is 19.1 Å². The monoisotopic (exact) mass is 374 g/mol. The SMILES string of the molecule is CC(=O)CCC(=O)OCC(=O)N1CCC[C@@H](c2nc3ccccc3s2)C1. The van der Waals surface area contributed by atoms with Crippen molar-refractivity contribution >= 4 is 39.2 Å². The molecule has 26 heavy (non-hydrogen) atoms. The lowest BCUT2D eigenvalue weighted by atomic mass is 9.99. The Balaban J connectivity index is 1.55. The highest BCUT2D eigenvalue weighted by atomic mass is 32.1. The number of ketones is 1. The number of nitrogens with zero attached hydrogens (tertiary/aromatic N) is 2. The van der Waals surface area contributed by atoms with Gasteiger partial charge in [-0.15, -0.1) is 11.3 Å². The predicted octanol–water partition coefficient (Wildman–Crippen LogP) is 2.91. The summed E-state index contributed by atoms with van der Waals surface area (Å²) in [5, 5.41) is 1.06. The normalized spacial score (nSPS) is 17.3. The molecule has 0 aliphatic carbocycles. The van der Waals surface area contributed by atoms with Crippen molar-refractivity contribution in [2.45, 2.75) is 38.5 Å². The fourth-order valence-electron chi connectivity index (χ4n) is 3.05. The molecule has 0 radical (unpaired) electrons. The molecule has 2 aromatic rings. The van der Waals surface area contributed by atoms with Crippen LogP contribution in [0.1, 0.15) is 43.5 Å². The minimum atomic E-state index is -0.506. The minimum Gasteiger partial charge on any atom is -0.456 e. The van der Waals surface area contributed by atoms with Gasteiger partial charge in [-0.3, -0.25) is 9.59 Å². The molecule has 0 spiro atoms. The smallest absolute Gasteiger partial charge is 0.306 e. The Morgan fingerprint density at radius 3 is 2.85 bits per heavy atom. The van der Waals surface area contributed by atoms with Crippen molar-refractivity contribution < 1.29 is 19.1 Å². The lowest BCUT2D eigenvalue weighted by molar-refractivity contribution is -0.152. The predicted molar refractivity (Wildman–Crippen MR) is 99.0 cm³/mol. The number of thiazole rings is 1. The molecule has 1 amide bonds. The number of para-hydroxylation sites is 1. The average Bonchev–Trinajstić information content (AvgIpc) is 3.08. The summed E-state index contributed by atoms with van der Waals surface area (Å²) in [7, 11) is 0. The number of ether oxygens (including phenoxy) is 1. The second-order valence-corrected chi connectivity index (χ2v) is 7.62. The molecule has 0 saturated carbocycles. The number of amides is 1. The Hall–Kier alpha value is -2.28. The molecule has 138 valence electrons. The summed E-state index contributed by atoms with van der Waals surface area (Å²) in [6.07, 6.45) is 2.08. The fraction of sp³-hybridized carbons (Fsp3) is 0.474. The van der Waals surface area contributed by atoms with Crippen molar-refractivity contribution in [2.24, 2.45) is 0 Å². The van der Waals surface area contributed by atoms with E-state index in [1.165, 1.54) is 6.92 Å². The number of benzene rings is 1. The summed E-state index contributed by atoms with van der Waals surface area (Å²) in [4.78, 5) is 41.3. The molecule has 0 unspecified atom stereocenters. The van der Waals surface area contributed by atoms with E-state index in [1.807, 2.05) is 18.2 Å². The first-order chi connectivity index (χ1) is 12.5. The van der Waals surface area contributed by atoms with Crippen LogP contribution in [0, 0.1) is 0 Å². The first-order valence-electron chi connectivity index (χ1n) is 8.81. The number of aromatic nitrogens is 1. The first-order valence-corrected chi connectivity index (χ1v) is 9.63. The molecule has 1 atom stereocenters. The van der Waals surface area contributed by atoms with Crippen LogP contribution in [0.4, 0.5) is 0 Å². The van der Waals surface area contributed by atoms with E-state index in [-0.39, 0.29) is 37.1 Å². The second kappa shape index (κ2) is 8.40. The lowest BCUT2D eigenvalue weighted by Gasteiger charge is -2.31. The number of fused-ring (bicyclic) bond motifs is 1. The zero-order valence-electron chi connectivity index (χ0n) is 14.8. The number of rotatable bonds is 6. The van der Waals surface area contributed by atoms with E-state index in [1.54, 1.807) is 16.2 Å². The molecule has 2 heterocycles. The number of hydrogen-bond donors (Lipinski definition) is 0. The van der Waals surface area contributed by atoms with Crippen molar-refractivity contribution in [3.05, 3.63) is 29.3 Å². The maximum absolute atomic E-state index is 12.4. The van der Waals surface area contributed by atoms with Gasteiger partial charge in [0.25, 0.3) is 5.91 Å². The third kappa shape index (κ3) is 4.66. The van der Waals surface area contributed by atoms with E-state index in [0.29, 0.717) is 13.1 Å². The van der Waals surface area contributed by atoms with Crippen LogP contribution in [0.15, 0.2) is 24.3 Å². The summed E-state index contributed by atoms with van der Waals surface area (Å²) in [5.41, 5.74) is 0.996. The second-order valence-electron chi connectivity index (χ2n) is 6.56. The van der Waals surface area contributed by atoms with Crippen LogP contribution in [0.25, 0.3) is 10.2 Å². The average molecular weight is 374 g/mol. The van der Waals surface area contributed by atoms with Gasteiger partial charge in [0.05, 0.1) is 21.6 Å². The molecule has 3 rings (SSSR count). The quantitative estimate of drug-likeness (QED) is 0.727. The van der Waals surface area contributed by atoms with Crippen molar-refractivity contribution in [1.82, 2.24) is 9.88 Å². The summed E-state index contributed by atoms with van der Waals surface area (Å²) < 4.78 is 6.16. The Bertz CT molecular complexity index is 784. The minimum absolute atomic E-state index is 0.0247. The Kier molecular flexibility index (Phi) is 5.98. The summed E-state index contributed by atoms with van der Waals surface area (Å²) in [5.74, 6) is -0.540. The van der Waals surface area contributed by atoms with E-state index in [9.17, 15) is 14.4 Å².